The van der Waals surface area contributed by atoms with Crippen LogP contribution in [0.3, 0.4) is 0 Å². The van der Waals surface area contributed by atoms with Crippen LogP contribution in [0.2, 0.25) is 0 Å². The van der Waals surface area contributed by atoms with E-state index in [4.69, 9.17) is 9.47 Å². The zero-order valence-electron chi connectivity index (χ0n) is 14.5. The molecule has 0 unspecified atom stereocenters. The van der Waals surface area contributed by atoms with Gasteiger partial charge in [-0.05, 0) is 48.9 Å². The molecular weight excluding hydrogens is 336 g/mol. The van der Waals surface area contributed by atoms with Crippen LogP contribution in [0.1, 0.15) is 41.0 Å². The van der Waals surface area contributed by atoms with Crippen molar-refractivity contribution in [3.05, 3.63) is 58.7 Å². The SMILES string of the molecule is COC(=O)Oc1cccc(CS)c1COc1ccc(C)cc1C1CC1. The maximum Gasteiger partial charge on any atom is 0.513 e. The Morgan fingerprint density at radius 2 is 2.00 bits per heavy atom. The van der Waals surface area contributed by atoms with Gasteiger partial charge in [0.1, 0.15) is 18.1 Å². The summed E-state index contributed by atoms with van der Waals surface area (Å²) in [6.07, 6.45) is 1.68. The van der Waals surface area contributed by atoms with E-state index in [0.717, 1.165) is 16.9 Å². The van der Waals surface area contributed by atoms with Gasteiger partial charge in [0.05, 0.1) is 7.11 Å². The summed E-state index contributed by atoms with van der Waals surface area (Å²) in [6, 6.07) is 11.8. The predicted molar refractivity (Wildman–Crippen MR) is 99.7 cm³/mol. The number of methoxy groups -OCH3 is 1. The van der Waals surface area contributed by atoms with E-state index in [1.807, 2.05) is 18.2 Å². The fraction of sp³-hybridized carbons (Fsp3) is 0.350. The molecule has 0 bridgehead atoms. The van der Waals surface area contributed by atoms with Crippen molar-refractivity contribution < 1.29 is 19.0 Å². The zero-order chi connectivity index (χ0) is 17.8. The van der Waals surface area contributed by atoms with E-state index in [2.05, 4.69) is 36.4 Å². The number of rotatable bonds is 6. The van der Waals surface area contributed by atoms with Gasteiger partial charge in [0.2, 0.25) is 0 Å². The van der Waals surface area contributed by atoms with Gasteiger partial charge in [0.25, 0.3) is 0 Å². The first-order chi connectivity index (χ1) is 12.1. The first-order valence-electron chi connectivity index (χ1n) is 8.33. The van der Waals surface area contributed by atoms with Crippen molar-refractivity contribution in [2.45, 2.75) is 38.0 Å². The Bertz CT molecular complexity index is 768. The molecule has 1 aliphatic rings. The molecule has 0 amide bonds. The second kappa shape index (κ2) is 7.83. The first-order valence-corrected chi connectivity index (χ1v) is 8.96. The molecule has 2 aromatic rings. The molecule has 1 fully saturated rings. The van der Waals surface area contributed by atoms with Gasteiger partial charge >= 0.3 is 6.16 Å². The predicted octanol–water partition coefficient (Wildman–Crippen LogP) is 5.03. The van der Waals surface area contributed by atoms with Crippen LogP contribution in [0.25, 0.3) is 0 Å². The number of hydrogen-bond acceptors (Lipinski definition) is 5. The highest BCUT2D eigenvalue weighted by Crippen LogP contribution is 2.45. The summed E-state index contributed by atoms with van der Waals surface area (Å²) < 4.78 is 16.0. The number of aryl methyl sites for hydroxylation is 1. The smallest absolute Gasteiger partial charge is 0.488 e. The van der Waals surface area contributed by atoms with Crippen LogP contribution >= 0.6 is 12.6 Å². The average Bonchev–Trinajstić information content (AvgIpc) is 3.46. The number of hydrogen-bond donors (Lipinski definition) is 1. The number of carbonyl (C=O) groups is 1. The van der Waals surface area contributed by atoms with Gasteiger partial charge in [-0.1, -0.05) is 29.8 Å². The lowest BCUT2D eigenvalue weighted by molar-refractivity contribution is 0.120. The molecule has 0 spiro atoms. The van der Waals surface area contributed by atoms with Crippen molar-refractivity contribution in [2.75, 3.05) is 7.11 Å². The third kappa shape index (κ3) is 4.28. The fourth-order valence-electron chi connectivity index (χ4n) is 2.81. The van der Waals surface area contributed by atoms with Gasteiger partial charge in [0, 0.05) is 11.3 Å². The molecule has 3 rings (SSSR count). The third-order valence-electron chi connectivity index (χ3n) is 4.31. The molecule has 0 aromatic heterocycles. The second-order valence-corrected chi connectivity index (χ2v) is 6.53. The highest BCUT2D eigenvalue weighted by molar-refractivity contribution is 7.79. The number of benzene rings is 2. The highest BCUT2D eigenvalue weighted by atomic mass is 32.1. The van der Waals surface area contributed by atoms with Crippen LogP contribution in [0.5, 0.6) is 11.5 Å². The van der Waals surface area contributed by atoms with Crippen molar-refractivity contribution in [1.82, 2.24) is 0 Å². The molecule has 25 heavy (non-hydrogen) atoms. The molecule has 0 saturated heterocycles. The van der Waals surface area contributed by atoms with Gasteiger partial charge in [-0.2, -0.15) is 12.6 Å². The zero-order valence-corrected chi connectivity index (χ0v) is 15.3. The number of thiol groups is 1. The highest BCUT2D eigenvalue weighted by Gasteiger charge is 2.27. The van der Waals surface area contributed by atoms with Crippen LogP contribution < -0.4 is 9.47 Å². The summed E-state index contributed by atoms with van der Waals surface area (Å²) in [4.78, 5) is 11.5. The lowest BCUT2D eigenvalue weighted by Gasteiger charge is -2.16. The number of ether oxygens (including phenoxy) is 3. The minimum atomic E-state index is -0.744. The standard InChI is InChI=1S/C20H22O4S/c1-13-6-9-18(16(10-13)14-7-8-14)23-11-17-15(12-25)4-3-5-19(17)24-20(21)22-2/h3-6,9-10,14,25H,7-8,11-12H2,1-2H3. The summed E-state index contributed by atoms with van der Waals surface area (Å²) in [6.45, 7) is 2.40. The molecule has 0 radical (unpaired) electrons. The first kappa shape index (κ1) is 17.7. The molecule has 132 valence electrons. The third-order valence-corrected chi connectivity index (χ3v) is 4.66. The summed E-state index contributed by atoms with van der Waals surface area (Å²) >= 11 is 4.37. The molecule has 0 aliphatic heterocycles. The maximum atomic E-state index is 11.5. The van der Waals surface area contributed by atoms with E-state index >= 15 is 0 Å². The number of carbonyl (C=O) groups excluding carboxylic acids is 1. The largest absolute Gasteiger partial charge is 0.513 e. The van der Waals surface area contributed by atoms with Gasteiger partial charge < -0.3 is 14.2 Å². The Morgan fingerprint density at radius 1 is 1.20 bits per heavy atom. The molecule has 5 heteroatoms. The normalized spacial score (nSPS) is 13.4. The van der Waals surface area contributed by atoms with Gasteiger partial charge in [-0.25, -0.2) is 4.79 Å². The van der Waals surface area contributed by atoms with Crippen LogP contribution in [0, 0.1) is 6.92 Å². The minimum absolute atomic E-state index is 0.311. The van der Waals surface area contributed by atoms with Crippen LogP contribution in [0.4, 0.5) is 4.79 Å². The van der Waals surface area contributed by atoms with Gasteiger partial charge in [-0.3, -0.25) is 0 Å². The Labute approximate surface area is 153 Å². The maximum absolute atomic E-state index is 11.5. The average molecular weight is 358 g/mol. The topological polar surface area (TPSA) is 44.8 Å². The van der Waals surface area contributed by atoms with Gasteiger partial charge in [-0.15, -0.1) is 0 Å². The monoisotopic (exact) mass is 358 g/mol. The molecule has 0 heterocycles. The molecule has 0 N–H and O–H groups in total. The molecule has 2 aromatic carbocycles. The molecule has 1 aliphatic carbocycles. The quantitative estimate of drug-likeness (QED) is 0.447. The summed E-state index contributed by atoms with van der Waals surface area (Å²) in [5.74, 6) is 2.46. The molecule has 1 saturated carbocycles. The second-order valence-electron chi connectivity index (χ2n) is 6.21. The Hall–Kier alpha value is -2.14. The van der Waals surface area contributed by atoms with E-state index in [9.17, 15) is 4.79 Å². The molecular formula is C20H22O4S. The lowest BCUT2D eigenvalue weighted by atomic mass is 10.1. The minimum Gasteiger partial charge on any atom is -0.488 e. The van der Waals surface area contributed by atoms with Gasteiger partial charge in [0.15, 0.2) is 0 Å². The van der Waals surface area contributed by atoms with Crippen LogP contribution in [-0.2, 0) is 17.1 Å². The van der Waals surface area contributed by atoms with Crippen molar-refractivity contribution in [3.63, 3.8) is 0 Å². The Balaban J connectivity index is 1.84. The van der Waals surface area contributed by atoms with E-state index in [1.54, 1.807) is 6.07 Å². The molecule has 4 nitrogen and oxygen atoms in total. The van der Waals surface area contributed by atoms with Crippen LogP contribution in [0.15, 0.2) is 36.4 Å². The summed E-state index contributed by atoms with van der Waals surface area (Å²) in [5, 5.41) is 0. The Morgan fingerprint density at radius 3 is 2.68 bits per heavy atom. The molecule has 0 atom stereocenters. The van der Waals surface area contributed by atoms with Crippen LogP contribution in [-0.4, -0.2) is 13.3 Å². The van der Waals surface area contributed by atoms with E-state index < -0.39 is 6.16 Å². The van der Waals surface area contributed by atoms with E-state index in [-0.39, 0.29) is 0 Å². The Kier molecular flexibility index (Phi) is 5.53. The summed E-state index contributed by atoms with van der Waals surface area (Å²) in [5.41, 5.74) is 4.27. The van der Waals surface area contributed by atoms with E-state index in [0.29, 0.717) is 24.0 Å². The van der Waals surface area contributed by atoms with Crippen molar-refractivity contribution >= 4 is 18.8 Å². The van der Waals surface area contributed by atoms with Crippen molar-refractivity contribution in [2.24, 2.45) is 0 Å². The fourth-order valence-corrected chi connectivity index (χ4v) is 3.11. The van der Waals surface area contributed by atoms with Crippen molar-refractivity contribution in [3.8, 4) is 11.5 Å². The summed E-state index contributed by atoms with van der Waals surface area (Å²) in [7, 11) is 1.29. The van der Waals surface area contributed by atoms with Crippen molar-refractivity contribution in [1.29, 1.82) is 0 Å². The van der Waals surface area contributed by atoms with E-state index in [1.165, 1.54) is 31.1 Å². The lowest BCUT2D eigenvalue weighted by Crippen LogP contribution is -2.11.